The summed E-state index contributed by atoms with van der Waals surface area (Å²) in [5, 5.41) is 19.2. The molecule has 2 N–H and O–H groups in total. The van der Waals surface area contributed by atoms with E-state index in [0.29, 0.717) is 17.4 Å². The molecular formula is C38H36O4. The lowest BCUT2D eigenvalue weighted by molar-refractivity contribution is 0.443. The van der Waals surface area contributed by atoms with Crippen molar-refractivity contribution in [2.24, 2.45) is 0 Å². The molecule has 1 saturated carbocycles. The third kappa shape index (κ3) is 5.99. The van der Waals surface area contributed by atoms with Crippen molar-refractivity contribution in [2.75, 3.05) is 0 Å². The van der Waals surface area contributed by atoms with Crippen molar-refractivity contribution in [3.63, 3.8) is 0 Å². The molecule has 4 nitrogen and oxygen atoms in total. The van der Waals surface area contributed by atoms with E-state index < -0.39 is 5.41 Å². The van der Waals surface area contributed by atoms with Crippen LogP contribution in [-0.4, -0.2) is 10.2 Å². The van der Waals surface area contributed by atoms with E-state index in [0.717, 1.165) is 22.6 Å². The first-order valence-corrected chi connectivity index (χ1v) is 14.7. The van der Waals surface area contributed by atoms with Gasteiger partial charge < -0.3 is 19.7 Å². The fraction of sp³-hybridized carbons (Fsp3) is 0.211. The summed E-state index contributed by atoms with van der Waals surface area (Å²) in [5.74, 6) is 3.89. The number of hydrogen-bond donors (Lipinski definition) is 2. The van der Waals surface area contributed by atoms with Crippen LogP contribution >= 0.6 is 0 Å². The van der Waals surface area contributed by atoms with Crippen LogP contribution < -0.4 is 9.47 Å². The largest absolute Gasteiger partial charge is 0.508 e. The third-order valence-electron chi connectivity index (χ3n) is 8.57. The van der Waals surface area contributed by atoms with Crippen molar-refractivity contribution in [3.8, 4) is 34.5 Å². The Morgan fingerprint density at radius 2 is 0.810 bits per heavy atom. The summed E-state index contributed by atoms with van der Waals surface area (Å²) in [6.07, 6.45) is 6.55. The predicted octanol–water partition coefficient (Wildman–Crippen LogP) is 10.1. The fourth-order valence-corrected chi connectivity index (χ4v) is 6.04. The molecule has 0 aromatic heterocycles. The Labute approximate surface area is 247 Å². The second-order valence-corrected chi connectivity index (χ2v) is 11.3. The van der Waals surface area contributed by atoms with Crippen LogP contribution in [0.1, 0.15) is 67.2 Å². The van der Waals surface area contributed by atoms with Gasteiger partial charge >= 0.3 is 0 Å². The number of rotatable bonds is 8. The van der Waals surface area contributed by atoms with Crippen molar-refractivity contribution in [1.29, 1.82) is 0 Å². The zero-order chi connectivity index (χ0) is 28.9. The van der Waals surface area contributed by atoms with Gasteiger partial charge in [-0.05, 0) is 121 Å². The highest BCUT2D eigenvalue weighted by molar-refractivity contribution is 5.52. The van der Waals surface area contributed by atoms with Gasteiger partial charge in [-0.1, -0.05) is 67.8 Å². The van der Waals surface area contributed by atoms with Crippen molar-refractivity contribution >= 4 is 0 Å². The number of aromatic hydroxyl groups is 2. The van der Waals surface area contributed by atoms with E-state index in [1.165, 1.54) is 43.2 Å². The van der Waals surface area contributed by atoms with E-state index in [1.54, 1.807) is 48.5 Å². The number of ether oxygens (including phenoxy) is 2. The molecule has 0 amide bonds. The van der Waals surface area contributed by atoms with Crippen LogP contribution in [0.5, 0.6) is 34.5 Å². The Kier molecular flexibility index (Phi) is 7.87. The summed E-state index contributed by atoms with van der Waals surface area (Å²) in [7, 11) is 0. The van der Waals surface area contributed by atoms with Crippen molar-refractivity contribution in [1.82, 2.24) is 0 Å². The maximum absolute atomic E-state index is 9.58. The minimum atomic E-state index is -0.417. The molecule has 5 aromatic carbocycles. The minimum absolute atomic E-state index is 0.211. The Morgan fingerprint density at radius 3 is 1.19 bits per heavy atom. The van der Waals surface area contributed by atoms with E-state index in [4.69, 9.17) is 9.47 Å². The molecule has 0 heterocycles. The summed E-state index contributed by atoms with van der Waals surface area (Å²) in [5.41, 5.74) is 4.55. The maximum atomic E-state index is 9.58. The average Bonchev–Trinajstić information content (AvgIpc) is 3.04. The Balaban J connectivity index is 1.32. The number of hydrogen-bond acceptors (Lipinski definition) is 4. The fourth-order valence-electron chi connectivity index (χ4n) is 6.04. The molecule has 0 bridgehead atoms. The van der Waals surface area contributed by atoms with Crippen LogP contribution in [0.3, 0.4) is 0 Å². The van der Waals surface area contributed by atoms with Crippen LogP contribution in [0.15, 0.2) is 121 Å². The monoisotopic (exact) mass is 556 g/mol. The molecule has 0 atom stereocenters. The standard InChI is InChI=1S/C38H36O4/c1-38(29-9-7-28(8-10-29)27-5-3-2-4-6-27,30-11-19-34(20-12-30)41-36-23-15-32(39)16-24-36)31-13-21-35(22-14-31)42-37-25-17-33(40)18-26-37/h7-27,39-40H,2-6H2,1H3. The molecule has 212 valence electrons. The second kappa shape index (κ2) is 12.0. The quantitative estimate of drug-likeness (QED) is 0.187. The molecule has 5 aromatic rings. The van der Waals surface area contributed by atoms with Crippen molar-refractivity contribution in [3.05, 3.63) is 144 Å². The molecule has 1 fully saturated rings. The highest BCUT2D eigenvalue weighted by Crippen LogP contribution is 2.42. The highest BCUT2D eigenvalue weighted by Gasteiger charge is 2.32. The Morgan fingerprint density at radius 1 is 0.476 bits per heavy atom. The van der Waals surface area contributed by atoms with Gasteiger partial charge in [-0.3, -0.25) is 0 Å². The number of phenols is 2. The minimum Gasteiger partial charge on any atom is -0.508 e. The molecule has 1 aliphatic rings. The number of benzene rings is 5. The van der Waals surface area contributed by atoms with Gasteiger partial charge in [-0.15, -0.1) is 0 Å². The van der Waals surface area contributed by atoms with Gasteiger partial charge in [-0.25, -0.2) is 0 Å². The normalized spacial score (nSPS) is 13.9. The van der Waals surface area contributed by atoms with E-state index in [9.17, 15) is 10.2 Å². The lowest BCUT2D eigenvalue weighted by atomic mass is 9.70. The summed E-state index contributed by atoms with van der Waals surface area (Å²) < 4.78 is 12.1. The van der Waals surface area contributed by atoms with E-state index in [-0.39, 0.29) is 11.5 Å². The average molecular weight is 557 g/mol. The van der Waals surface area contributed by atoms with Crippen LogP contribution in [0.4, 0.5) is 0 Å². The molecule has 4 heteroatoms. The Hall–Kier alpha value is -4.70. The van der Waals surface area contributed by atoms with E-state index in [1.807, 2.05) is 24.3 Å². The second-order valence-electron chi connectivity index (χ2n) is 11.3. The van der Waals surface area contributed by atoms with Gasteiger partial charge in [0.1, 0.15) is 34.5 Å². The first kappa shape index (κ1) is 27.5. The summed E-state index contributed by atoms with van der Waals surface area (Å²) in [6.45, 7) is 2.27. The topological polar surface area (TPSA) is 58.9 Å². The summed E-state index contributed by atoms with van der Waals surface area (Å²) in [6, 6.07) is 39.3. The molecular weight excluding hydrogens is 520 g/mol. The van der Waals surface area contributed by atoms with Crippen molar-refractivity contribution < 1.29 is 19.7 Å². The van der Waals surface area contributed by atoms with Crippen molar-refractivity contribution in [2.45, 2.75) is 50.4 Å². The van der Waals surface area contributed by atoms with Gasteiger partial charge in [0.15, 0.2) is 0 Å². The SMILES string of the molecule is CC(c1ccc(Oc2ccc(O)cc2)cc1)(c1ccc(Oc2ccc(O)cc2)cc1)c1ccc(C2CCCCC2)cc1. The highest BCUT2D eigenvalue weighted by atomic mass is 16.5. The molecule has 0 aliphatic heterocycles. The van der Waals surface area contributed by atoms with Crippen LogP contribution in [0.25, 0.3) is 0 Å². The van der Waals surface area contributed by atoms with Gasteiger partial charge in [-0.2, -0.15) is 0 Å². The molecule has 0 radical (unpaired) electrons. The van der Waals surface area contributed by atoms with Crippen LogP contribution in [0, 0.1) is 0 Å². The number of phenolic OH excluding ortho intramolecular Hbond substituents is 2. The van der Waals surface area contributed by atoms with E-state index in [2.05, 4.69) is 55.5 Å². The lowest BCUT2D eigenvalue weighted by Crippen LogP contribution is -2.25. The Bertz CT molecular complexity index is 1490. The zero-order valence-electron chi connectivity index (χ0n) is 23.9. The molecule has 0 spiro atoms. The zero-order valence-corrected chi connectivity index (χ0v) is 23.9. The van der Waals surface area contributed by atoms with Crippen LogP contribution in [-0.2, 0) is 5.41 Å². The molecule has 6 rings (SSSR count). The lowest BCUT2D eigenvalue weighted by Gasteiger charge is -2.33. The third-order valence-corrected chi connectivity index (χ3v) is 8.57. The van der Waals surface area contributed by atoms with Crippen LogP contribution in [0.2, 0.25) is 0 Å². The first-order valence-electron chi connectivity index (χ1n) is 14.7. The van der Waals surface area contributed by atoms with E-state index >= 15 is 0 Å². The van der Waals surface area contributed by atoms with Gasteiger partial charge in [0.05, 0.1) is 0 Å². The predicted molar refractivity (Wildman–Crippen MR) is 167 cm³/mol. The molecule has 42 heavy (non-hydrogen) atoms. The first-order chi connectivity index (χ1) is 20.5. The molecule has 1 aliphatic carbocycles. The molecule has 0 saturated heterocycles. The molecule has 0 unspecified atom stereocenters. The maximum Gasteiger partial charge on any atom is 0.127 e. The van der Waals surface area contributed by atoms with Gasteiger partial charge in [0.2, 0.25) is 0 Å². The summed E-state index contributed by atoms with van der Waals surface area (Å²) >= 11 is 0. The summed E-state index contributed by atoms with van der Waals surface area (Å²) in [4.78, 5) is 0. The smallest absolute Gasteiger partial charge is 0.127 e. The van der Waals surface area contributed by atoms with Gasteiger partial charge in [0.25, 0.3) is 0 Å². The van der Waals surface area contributed by atoms with Gasteiger partial charge in [0, 0.05) is 5.41 Å².